The summed E-state index contributed by atoms with van der Waals surface area (Å²) in [6.07, 6.45) is 0.105. The van der Waals surface area contributed by atoms with Crippen molar-refractivity contribution in [2.45, 2.75) is 24.8 Å². The molecular formula is C18H21ClN2O3S. The summed E-state index contributed by atoms with van der Waals surface area (Å²) >= 11 is 5.76. The van der Waals surface area contributed by atoms with Crippen molar-refractivity contribution < 1.29 is 13.2 Å². The van der Waals surface area contributed by atoms with Crippen LogP contribution >= 0.6 is 11.6 Å². The number of nitrogens with one attached hydrogen (secondary N) is 1. The van der Waals surface area contributed by atoms with Gasteiger partial charge < -0.3 is 4.90 Å². The molecule has 2 rings (SSSR count). The van der Waals surface area contributed by atoms with Crippen molar-refractivity contribution in [3.8, 4) is 0 Å². The highest BCUT2D eigenvalue weighted by molar-refractivity contribution is 7.89. The van der Waals surface area contributed by atoms with E-state index in [1.165, 1.54) is 24.3 Å². The minimum atomic E-state index is -3.64. The van der Waals surface area contributed by atoms with E-state index in [4.69, 9.17) is 11.6 Å². The van der Waals surface area contributed by atoms with Gasteiger partial charge in [0.25, 0.3) is 0 Å². The van der Waals surface area contributed by atoms with Gasteiger partial charge in [0.1, 0.15) is 0 Å². The number of carbonyl (C=O) groups excluding carboxylic acids is 1. The summed E-state index contributed by atoms with van der Waals surface area (Å²) in [7, 11) is -3.64. The highest BCUT2D eigenvalue weighted by Crippen LogP contribution is 2.14. The first-order chi connectivity index (χ1) is 11.9. The molecule has 7 heteroatoms. The fraction of sp³-hybridized carbons (Fsp3) is 0.278. The van der Waals surface area contributed by atoms with Gasteiger partial charge in [-0.1, -0.05) is 41.9 Å². The van der Waals surface area contributed by atoms with Crippen LogP contribution in [0.3, 0.4) is 0 Å². The molecule has 0 radical (unpaired) electrons. The van der Waals surface area contributed by atoms with Crippen molar-refractivity contribution in [2.75, 3.05) is 13.1 Å². The fourth-order valence-electron chi connectivity index (χ4n) is 2.33. The molecule has 2 aromatic rings. The van der Waals surface area contributed by atoms with Gasteiger partial charge in [-0.05, 0) is 36.8 Å². The molecule has 1 amide bonds. The van der Waals surface area contributed by atoms with Crippen LogP contribution in [-0.2, 0) is 21.4 Å². The Balaban J connectivity index is 1.89. The zero-order valence-corrected chi connectivity index (χ0v) is 15.6. The first kappa shape index (κ1) is 19.4. The Hall–Kier alpha value is -1.89. The molecule has 0 aliphatic carbocycles. The third-order valence-electron chi connectivity index (χ3n) is 3.71. The van der Waals surface area contributed by atoms with Gasteiger partial charge >= 0.3 is 0 Å². The van der Waals surface area contributed by atoms with Crippen molar-refractivity contribution in [3.05, 3.63) is 65.2 Å². The lowest BCUT2D eigenvalue weighted by Crippen LogP contribution is -2.34. The molecule has 2 aromatic carbocycles. The number of rotatable bonds is 8. The summed E-state index contributed by atoms with van der Waals surface area (Å²) in [6.45, 7) is 3.03. The molecule has 1 N–H and O–H groups in total. The van der Waals surface area contributed by atoms with Crippen LogP contribution < -0.4 is 4.72 Å². The Bertz CT molecular complexity index is 793. The summed E-state index contributed by atoms with van der Waals surface area (Å²) in [5.74, 6) is -0.0924. The summed E-state index contributed by atoms with van der Waals surface area (Å²) in [5, 5.41) is 0.466. The van der Waals surface area contributed by atoms with E-state index in [1.54, 1.807) is 4.90 Å². The molecule has 0 atom stereocenters. The molecule has 0 spiro atoms. The summed E-state index contributed by atoms with van der Waals surface area (Å²) in [5.41, 5.74) is 1.04. The third kappa shape index (κ3) is 5.85. The first-order valence-electron chi connectivity index (χ1n) is 7.99. The van der Waals surface area contributed by atoms with Crippen molar-refractivity contribution in [3.63, 3.8) is 0 Å². The van der Waals surface area contributed by atoms with E-state index >= 15 is 0 Å². The summed E-state index contributed by atoms with van der Waals surface area (Å²) in [6, 6.07) is 15.6. The standard InChI is InChI=1S/C18H21ClN2O3S/c1-2-21(14-15-6-4-3-5-7-15)18(22)12-13-20-25(23,24)17-10-8-16(19)9-11-17/h3-11,20H,2,12-14H2,1H3. The van der Waals surface area contributed by atoms with E-state index in [2.05, 4.69) is 4.72 Å². The predicted molar refractivity (Wildman–Crippen MR) is 98.8 cm³/mol. The fourth-order valence-corrected chi connectivity index (χ4v) is 3.49. The minimum Gasteiger partial charge on any atom is -0.339 e. The quantitative estimate of drug-likeness (QED) is 0.765. The smallest absolute Gasteiger partial charge is 0.240 e. The second-order valence-corrected chi connectivity index (χ2v) is 7.70. The molecule has 25 heavy (non-hydrogen) atoms. The number of hydrogen-bond acceptors (Lipinski definition) is 3. The number of amides is 1. The molecule has 0 saturated carbocycles. The van der Waals surface area contributed by atoms with Crippen LogP contribution in [0, 0.1) is 0 Å². The monoisotopic (exact) mass is 380 g/mol. The maximum Gasteiger partial charge on any atom is 0.240 e. The van der Waals surface area contributed by atoms with Gasteiger partial charge in [0, 0.05) is 31.1 Å². The Morgan fingerprint density at radius 3 is 2.32 bits per heavy atom. The van der Waals surface area contributed by atoms with E-state index in [9.17, 15) is 13.2 Å². The van der Waals surface area contributed by atoms with E-state index in [-0.39, 0.29) is 23.8 Å². The molecule has 0 unspecified atom stereocenters. The lowest BCUT2D eigenvalue weighted by molar-refractivity contribution is -0.131. The third-order valence-corrected chi connectivity index (χ3v) is 5.43. The number of halogens is 1. The largest absolute Gasteiger partial charge is 0.339 e. The summed E-state index contributed by atoms with van der Waals surface area (Å²) in [4.78, 5) is 14.1. The van der Waals surface area contributed by atoms with Crippen LogP contribution in [0.5, 0.6) is 0 Å². The first-order valence-corrected chi connectivity index (χ1v) is 9.85. The van der Waals surface area contributed by atoms with Crippen LogP contribution in [0.15, 0.2) is 59.5 Å². The second-order valence-electron chi connectivity index (χ2n) is 5.50. The molecule has 5 nitrogen and oxygen atoms in total. The number of hydrogen-bond donors (Lipinski definition) is 1. The van der Waals surface area contributed by atoms with Crippen molar-refractivity contribution >= 4 is 27.5 Å². The number of nitrogens with zero attached hydrogens (tertiary/aromatic N) is 1. The van der Waals surface area contributed by atoms with Gasteiger partial charge in [-0.2, -0.15) is 0 Å². The van der Waals surface area contributed by atoms with E-state index in [0.717, 1.165) is 5.56 Å². The Morgan fingerprint density at radius 2 is 1.72 bits per heavy atom. The second kappa shape index (κ2) is 8.99. The van der Waals surface area contributed by atoms with Gasteiger partial charge in [0.05, 0.1) is 4.90 Å². The van der Waals surface area contributed by atoms with E-state index < -0.39 is 10.0 Å². The topological polar surface area (TPSA) is 66.5 Å². The average molecular weight is 381 g/mol. The molecule has 0 bridgehead atoms. The predicted octanol–water partition coefficient (Wildman–Crippen LogP) is 3.06. The minimum absolute atomic E-state index is 0.0507. The van der Waals surface area contributed by atoms with Gasteiger partial charge in [-0.3, -0.25) is 4.79 Å². The molecular weight excluding hydrogens is 360 g/mol. The molecule has 0 aromatic heterocycles. The van der Waals surface area contributed by atoms with Crippen LogP contribution in [0.25, 0.3) is 0 Å². The van der Waals surface area contributed by atoms with Gasteiger partial charge in [-0.15, -0.1) is 0 Å². The van der Waals surface area contributed by atoms with Gasteiger partial charge in [-0.25, -0.2) is 13.1 Å². The van der Waals surface area contributed by atoms with Gasteiger partial charge in [0.2, 0.25) is 15.9 Å². The maximum absolute atomic E-state index is 12.3. The van der Waals surface area contributed by atoms with Gasteiger partial charge in [0.15, 0.2) is 0 Å². The highest BCUT2D eigenvalue weighted by Gasteiger charge is 2.16. The lowest BCUT2D eigenvalue weighted by Gasteiger charge is -2.21. The van der Waals surface area contributed by atoms with E-state index in [1.807, 2.05) is 37.3 Å². The summed E-state index contributed by atoms with van der Waals surface area (Å²) < 4.78 is 26.8. The van der Waals surface area contributed by atoms with Crippen LogP contribution in [0.4, 0.5) is 0 Å². The molecule has 134 valence electrons. The Labute approximate surface area is 153 Å². The highest BCUT2D eigenvalue weighted by atomic mass is 35.5. The average Bonchev–Trinajstić information content (AvgIpc) is 2.60. The van der Waals surface area contributed by atoms with Crippen LogP contribution in [0.1, 0.15) is 18.9 Å². The molecule has 0 aliphatic rings. The zero-order chi connectivity index (χ0) is 18.3. The van der Waals surface area contributed by atoms with Crippen LogP contribution in [-0.4, -0.2) is 32.3 Å². The molecule has 0 fully saturated rings. The SMILES string of the molecule is CCN(Cc1ccccc1)C(=O)CCNS(=O)(=O)c1ccc(Cl)cc1. The number of carbonyl (C=O) groups is 1. The lowest BCUT2D eigenvalue weighted by atomic mass is 10.2. The van der Waals surface area contributed by atoms with Crippen molar-refractivity contribution in [1.82, 2.24) is 9.62 Å². The normalized spacial score (nSPS) is 11.3. The molecule has 0 saturated heterocycles. The molecule has 0 aliphatic heterocycles. The van der Waals surface area contributed by atoms with Crippen molar-refractivity contribution in [1.29, 1.82) is 0 Å². The Kier molecular flexibility index (Phi) is 6.99. The maximum atomic E-state index is 12.3. The Morgan fingerprint density at radius 1 is 1.08 bits per heavy atom. The molecule has 0 heterocycles. The van der Waals surface area contributed by atoms with Crippen molar-refractivity contribution in [2.24, 2.45) is 0 Å². The zero-order valence-electron chi connectivity index (χ0n) is 14.0. The van der Waals surface area contributed by atoms with E-state index in [0.29, 0.717) is 18.1 Å². The number of sulfonamides is 1. The number of benzene rings is 2. The van der Waals surface area contributed by atoms with Crippen LogP contribution in [0.2, 0.25) is 5.02 Å².